The minimum Gasteiger partial charge on any atom is -0.367 e. The molecule has 1 aliphatic rings. The Balaban J connectivity index is 1.53. The molecule has 1 aliphatic heterocycles. The van der Waals surface area contributed by atoms with Crippen molar-refractivity contribution in [3.05, 3.63) is 78.1 Å². The predicted molar refractivity (Wildman–Crippen MR) is 117 cm³/mol. The summed E-state index contributed by atoms with van der Waals surface area (Å²) in [5.41, 5.74) is 1.96. The van der Waals surface area contributed by atoms with Crippen molar-refractivity contribution in [1.29, 1.82) is 0 Å². The monoisotopic (exact) mass is 422 g/mol. The van der Waals surface area contributed by atoms with Gasteiger partial charge in [0.05, 0.1) is 12.6 Å². The van der Waals surface area contributed by atoms with Gasteiger partial charge in [0.15, 0.2) is 11.8 Å². The molecular formula is C23H27FN6O. The van der Waals surface area contributed by atoms with Gasteiger partial charge >= 0.3 is 0 Å². The maximum Gasteiger partial charge on any atom is 0.194 e. The SMILES string of the molecule is CCNC(=NCc1nncn1-c1ccccc1)N1CC(C)OC(c2ccc(F)cc2)C1. The number of nitrogens with zero attached hydrogens (tertiary/aromatic N) is 5. The zero-order valence-corrected chi connectivity index (χ0v) is 17.8. The molecule has 0 aliphatic carbocycles. The maximum atomic E-state index is 13.3. The number of morpholine rings is 1. The van der Waals surface area contributed by atoms with Crippen LogP contribution in [0.3, 0.4) is 0 Å². The van der Waals surface area contributed by atoms with E-state index in [2.05, 4.69) is 20.4 Å². The summed E-state index contributed by atoms with van der Waals surface area (Å²) in [6.07, 6.45) is 1.57. The van der Waals surface area contributed by atoms with Crippen molar-refractivity contribution >= 4 is 5.96 Å². The highest BCUT2D eigenvalue weighted by molar-refractivity contribution is 5.80. The van der Waals surface area contributed by atoms with Crippen molar-refractivity contribution in [1.82, 2.24) is 25.0 Å². The van der Waals surface area contributed by atoms with Gasteiger partial charge < -0.3 is 15.0 Å². The van der Waals surface area contributed by atoms with Crippen LogP contribution in [0.15, 0.2) is 65.9 Å². The highest BCUT2D eigenvalue weighted by atomic mass is 19.1. The molecule has 0 bridgehead atoms. The van der Waals surface area contributed by atoms with E-state index in [-0.39, 0.29) is 18.0 Å². The van der Waals surface area contributed by atoms with E-state index in [1.165, 1.54) is 12.1 Å². The number of aromatic nitrogens is 3. The molecule has 1 fully saturated rings. The first-order valence-electron chi connectivity index (χ1n) is 10.5. The van der Waals surface area contributed by atoms with Crippen LogP contribution in [0.4, 0.5) is 4.39 Å². The van der Waals surface area contributed by atoms with Crippen molar-refractivity contribution in [2.45, 2.75) is 32.6 Å². The zero-order valence-electron chi connectivity index (χ0n) is 17.8. The van der Waals surface area contributed by atoms with E-state index in [1.54, 1.807) is 18.5 Å². The van der Waals surface area contributed by atoms with Crippen LogP contribution in [0.2, 0.25) is 0 Å². The minimum atomic E-state index is -0.248. The summed E-state index contributed by atoms with van der Waals surface area (Å²) in [7, 11) is 0. The maximum absolute atomic E-state index is 13.3. The van der Waals surface area contributed by atoms with Crippen LogP contribution in [0, 0.1) is 5.82 Å². The molecule has 162 valence electrons. The van der Waals surface area contributed by atoms with Gasteiger partial charge in [0.1, 0.15) is 24.8 Å². The van der Waals surface area contributed by atoms with Gasteiger partial charge in [-0.25, -0.2) is 9.38 Å². The predicted octanol–water partition coefficient (Wildman–Crippen LogP) is 3.33. The van der Waals surface area contributed by atoms with Crippen LogP contribution in [0.1, 0.15) is 31.3 Å². The summed E-state index contributed by atoms with van der Waals surface area (Å²) in [5.74, 6) is 1.31. The topological polar surface area (TPSA) is 67.6 Å². The number of hydrogen-bond donors (Lipinski definition) is 1. The van der Waals surface area contributed by atoms with E-state index >= 15 is 0 Å². The van der Waals surface area contributed by atoms with Crippen LogP contribution < -0.4 is 5.32 Å². The molecule has 0 spiro atoms. The van der Waals surface area contributed by atoms with E-state index < -0.39 is 0 Å². The van der Waals surface area contributed by atoms with Crippen LogP contribution in [-0.4, -0.2) is 51.4 Å². The Hall–Kier alpha value is -3.26. The standard InChI is InChI=1S/C23H27FN6O/c1-3-25-23(26-13-22-28-27-16-30(22)20-7-5-4-6-8-20)29-14-17(2)31-21(15-29)18-9-11-19(24)12-10-18/h4-12,16-17,21H,3,13-15H2,1-2H3,(H,25,26). The van der Waals surface area contributed by atoms with Gasteiger partial charge in [-0.05, 0) is 43.7 Å². The molecule has 8 heteroatoms. The Kier molecular flexibility index (Phi) is 6.57. The molecular weight excluding hydrogens is 395 g/mol. The van der Waals surface area contributed by atoms with Crippen LogP contribution in [0.5, 0.6) is 0 Å². The molecule has 31 heavy (non-hydrogen) atoms. The van der Waals surface area contributed by atoms with Gasteiger partial charge in [-0.2, -0.15) is 0 Å². The first-order chi connectivity index (χ1) is 15.1. The number of hydrogen-bond acceptors (Lipinski definition) is 4. The molecule has 2 heterocycles. The first kappa shape index (κ1) is 21.0. The largest absolute Gasteiger partial charge is 0.367 e. The third kappa shape index (κ3) is 5.08. The van der Waals surface area contributed by atoms with Gasteiger partial charge in [-0.1, -0.05) is 30.3 Å². The molecule has 1 aromatic heterocycles. The van der Waals surface area contributed by atoms with Crippen molar-refractivity contribution in [3.8, 4) is 5.69 Å². The second-order valence-corrected chi connectivity index (χ2v) is 7.51. The summed E-state index contributed by atoms with van der Waals surface area (Å²) in [6.45, 7) is 6.57. The number of para-hydroxylation sites is 1. The normalized spacial score (nSPS) is 19.5. The lowest BCUT2D eigenvalue weighted by Crippen LogP contribution is -2.50. The average Bonchev–Trinajstić information content (AvgIpc) is 3.26. The van der Waals surface area contributed by atoms with Crippen molar-refractivity contribution in [3.63, 3.8) is 0 Å². The molecule has 1 saturated heterocycles. The van der Waals surface area contributed by atoms with Gasteiger partial charge in [0.2, 0.25) is 0 Å². The number of aliphatic imine (C=N–C) groups is 1. The molecule has 2 atom stereocenters. The van der Waals surface area contributed by atoms with Crippen molar-refractivity contribution in [2.75, 3.05) is 19.6 Å². The lowest BCUT2D eigenvalue weighted by atomic mass is 10.1. The summed E-state index contributed by atoms with van der Waals surface area (Å²) in [6, 6.07) is 16.5. The minimum absolute atomic E-state index is 0.0145. The van der Waals surface area contributed by atoms with E-state index in [4.69, 9.17) is 9.73 Å². The van der Waals surface area contributed by atoms with E-state index in [0.717, 1.165) is 36.1 Å². The van der Waals surface area contributed by atoms with Crippen LogP contribution >= 0.6 is 0 Å². The lowest BCUT2D eigenvalue weighted by molar-refractivity contribution is -0.0605. The second-order valence-electron chi connectivity index (χ2n) is 7.51. The molecule has 4 rings (SSSR count). The molecule has 0 amide bonds. The highest BCUT2D eigenvalue weighted by Gasteiger charge is 2.28. The Bertz CT molecular complexity index is 1000. The molecule has 0 saturated carbocycles. The van der Waals surface area contributed by atoms with Crippen molar-refractivity contribution < 1.29 is 9.13 Å². The van der Waals surface area contributed by atoms with Crippen LogP contribution in [0.25, 0.3) is 5.69 Å². The smallest absolute Gasteiger partial charge is 0.194 e. The fourth-order valence-electron chi connectivity index (χ4n) is 3.73. The summed E-state index contributed by atoms with van der Waals surface area (Å²) in [4.78, 5) is 7.02. The van der Waals surface area contributed by atoms with E-state index in [0.29, 0.717) is 13.1 Å². The van der Waals surface area contributed by atoms with E-state index in [9.17, 15) is 4.39 Å². The molecule has 0 radical (unpaired) electrons. The molecule has 2 aromatic carbocycles. The lowest BCUT2D eigenvalue weighted by Gasteiger charge is -2.38. The molecule has 7 nitrogen and oxygen atoms in total. The van der Waals surface area contributed by atoms with Crippen LogP contribution in [-0.2, 0) is 11.3 Å². The number of benzene rings is 2. The van der Waals surface area contributed by atoms with E-state index in [1.807, 2.05) is 48.7 Å². The third-order valence-electron chi connectivity index (χ3n) is 5.16. The Morgan fingerprint density at radius 1 is 1.16 bits per heavy atom. The fraction of sp³-hybridized carbons (Fsp3) is 0.348. The number of guanidine groups is 1. The number of ether oxygens (including phenoxy) is 1. The molecule has 3 aromatic rings. The zero-order chi connectivity index (χ0) is 21.6. The number of rotatable bonds is 5. The summed E-state index contributed by atoms with van der Waals surface area (Å²) < 4.78 is 21.4. The molecule has 2 unspecified atom stereocenters. The summed E-state index contributed by atoms with van der Waals surface area (Å²) >= 11 is 0. The first-order valence-corrected chi connectivity index (χ1v) is 10.5. The summed E-state index contributed by atoms with van der Waals surface area (Å²) in [5, 5.41) is 11.7. The third-order valence-corrected chi connectivity index (χ3v) is 5.16. The number of nitrogens with one attached hydrogen (secondary N) is 1. The van der Waals surface area contributed by atoms with Gasteiger partial charge in [0.25, 0.3) is 0 Å². The second kappa shape index (κ2) is 9.70. The Morgan fingerprint density at radius 2 is 1.94 bits per heavy atom. The highest BCUT2D eigenvalue weighted by Crippen LogP contribution is 2.25. The van der Waals surface area contributed by atoms with Gasteiger partial charge in [0, 0.05) is 18.8 Å². The fourth-order valence-corrected chi connectivity index (χ4v) is 3.73. The Labute approximate surface area is 181 Å². The molecule has 1 N–H and O–H groups in total. The Morgan fingerprint density at radius 3 is 2.68 bits per heavy atom. The van der Waals surface area contributed by atoms with Gasteiger partial charge in [-0.3, -0.25) is 4.57 Å². The quantitative estimate of drug-likeness (QED) is 0.505. The van der Waals surface area contributed by atoms with Crippen molar-refractivity contribution in [2.24, 2.45) is 4.99 Å². The average molecular weight is 423 g/mol. The number of halogens is 1. The van der Waals surface area contributed by atoms with Gasteiger partial charge in [-0.15, -0.1) is 10.2 Å².